The number of nitrogens with one attached hydrogen (secondary N) is 2. The Bertz CT molecular complexity index is 621. The lowest BCUT2D eigenvalue weighted by Crippen LogP contribution is -2.35. The summed E-state index contributed by atoms with van der Waals surface area (Å²) in [5.74, 6) is -0.232. The molecule has 2 aromatic rings. The van der Waals surface area contributed by atoms with Crippen molar-refractivity contribution in [2.75, 3.05) is 11.9 Å². The lowest BCUT2D eigenvalue weighted by molar-refractivity contribution is 0.251. The zero-order valence-corrected chi connectivity index (χ0v) is 11.6. The number of amides is 2. The van der Waals surface area contributed by atoms with Crippen LogP contribution in [0, 0.1) is 5.82 Å². The standard InChI is InChI=1S/C17H17FN2O/c18-14-8-6-13(7-9-14)17(10-11-17)12-19-16(21)20-15-4-2-1-3-5-15/h1-9H,10-12H2,(H2,19,20,21). The first kappa shape index (κ1) is 13.6. The Kier molecular flexibility index (Phi) is 3.60. The van der Waals surface area contributed by atoms with Crippen molar-refractivity contribution < 1.29 is 9.18 Å². The van der Waals surface area contributed by atoms with Gasteiger partial charge in [0.05, 0.1) is 0 Å². The van der Waals surface area contributed by atoms with E-state index in [0.29, 0.717) is 6.54 Å². The number of halogens is 1. The number of rotatable bonds is 4. The summed E-state index contributed by atoms with van der Waals surface area (Å²) in [6, 6.07) is 15.7. The predicted octanol–water partition coefficient (Wildman–Crippen LogP) is 3.68. The molecule has 2 amide bonds. The largest absolute Gasteiger partial charge is 0.337 e. The molecule has 3 nitrogen and oxygen atoms in total. The summed E-state index contributed by atoms with van der Waals surface area (Å²) in [7, 11) is 0. The van der Waals surface area contributed by atoms with Crippen molar-refractivity contribution in [1.82, 2.24) is 5.32 Å². The third-order valence-corrected chi connectivity index (χ3v) is 3.93. The van der Waals surface area contributed by atoms with Gasteiger partial charge in [0.15, 0.2) is 0 Å². The van der Waals surface area contributed by atoms with Gasteiger partial charge in [-0.2, -0.15) is 0 Å². The van der Waals surface area contributed by atoms with E-state index >= 15 is 0 Å². The molecule has 108 valence electrons. The highest BCUT2D eigenvalue weighted by molar-refractivity contribution is 5.89. The molecule has 4 heteroatoms. The zero-order valence-electron chi connectivity index (χ0n) is 11.6. The van der Waals surface area contributed by atoms with Crippen molar-refractivity contribution in [3.8, 4) is 0 Å². The van der Waals surface area contributed by atoms with Crippen LogP contribution < -0.4 is 10.6 Å². The highest BCUT2D eigenvalue weighted by Gasteiger charge is 2.44. The number of para-hydroxylation sites is 1. The molecule has 1 saturated carbocycles. The molecule has 0 aliphatic heterocycles. The topological polar surface area (TPSA) is 41.1 Å². The van der Waals surface area contributed by atoms with Gasteiger partial charge in [-0.1, -0.05) is 30.3 Å². The number of carbonyl (C=O) groups is 1. The van der Waals surface area contributed by atoms with Gasteiger partial charge in [0.25, 0.3) is 0 Å². The van der Waals surface area contributed by atoms with Gasteiger partial charge in [-0.25, -0.2) is 9.18 Å². The first-order valence-electron chi connectivity index (χ1n) is 7.04. The molecule has 1 aliphatic carbocycles. The van der Waals surface area contributed by atoms with E-state index in [4.69, 9.17) is 0 Å². The average Bonchev–Trinajstić information content (AvgIpc) is 3.28. The van der Waals surface area contributed by atoms with E-state index in [1.54, 1.807) is 12.1 Å². The van der Waals surface area contributed by atoms with Crippen molar-refractivity contribution in [1.29, 1.82) is 0 Å². The summed E-state index contributed by atoms with van der Waals surface area (Å²) in [5, 5.41) is 5.70. The Hall–Kier alpha value is -2.36. The number of anilines is 1. The predicted molar refractivity (Wildman–Crippen MR) is 80.8 cm³/mol. The maximum absolute atomic E-state index is 13.0. The van der Waals surface area contributed by atoms with Crippen LogP contribution in [0.1, 0.15) is 18.4 Å². The van der Waals surface area contributed by atoms with E-state index < -0.39 is 0 Å². The van der Waals surface area contributed by atoms with Gasteiger partial charge in [0.1, 0.15) is 5.82 Å². The van der Waals surface area contributed by atoms with Gasteiger partial charge in [0, 0.05) is 17.6 Å². The molecule has 0 bridgehead atoms. The lowest BCUT2D eigenvalue weighted by Gasteiger charge is -2.17. The van der Waals surface area contributed by atoms with Crippen LogP contribution in [0.3, 0.4) is 0 Å². The van der Waals surface area contributed by atoms with Crippen LogP contribution in [0.4, 0.5) is 14.9 Å². The molecular formula is C17H17FN2O. The van der Waals surface area contributed by atoms with Crippen LogP contribution in [0.25, 0.3) is 0 Å². The van der Waals surface area contributed by atoms with Gasteiger partial charge < -0.3 is 10.6 Å². The molecule has 1 aliphatic rings. The van der Waals surface area contributed by atoms with Crippen LogP contribution >= 0.6 is 0 Å². The van der Waals surface area contributed by atoms with Crippen LogP contribution in [0.5, 0.6) is 0 Å². The highest BCUT2D eigenvalue weighted by atomic mass is 19.1. The summed E-state index contributed by atoms with van der Waals surface area (Å²) < 4.78 is 13.0. The molecular weight excluding hydrogens is 267 g/mol. The summed E-state index contributed by atoms with van der Waals surface area (Å²) >= 11 is 0. The third-order valence-electron chi connectivity index (χ3n) is 3.93. The molecule has 1 fully saturated rings. The monoisotopic (exact) mass is 284 g/mol. The average molecular weight is 284 g/mol. The summed E-state index contributed by atoms with van der Waals surface area (Å²) in [6.45, 7) is 0.567. The lowest BCUT2D eigenvalue weighted by atomic mass is 9.96. The minimum Gasteiger partial charge on any atom is -0.337 e. The molecule has 2 N–H and O–H groups in total. The quantitative estimate of drug-likeness (QED) is 0.883. The van der Waals surface area contributed by atoms with E-state index in [9.17, 15) is 9.18 Å². The second-order valence-electron chi connectivity index (χ2n) is 5.46. The van der Waals surface area contributed by atoms with Crippen LogP contribution in [0.15, 0.2) is 54.6 Å². The van der Waals surface area contributed by atoms with Gasteiger partial charge in [-0.15, -0.1) is 0 Å². The maximum atomic E-state index is 13.0. The molecule has 0 saturated heterocycles. The first-order valence-corrected chi connectivity index (χ1v) is 7.04. The fourth-order valence-electron chi connectivity index (χ4n) is 2.47. The maximum Gasteiger partial charge on any atom is 0.319 e. The van der Waals surface area contributed by atoms with Gasteiger partial charge in [-0.3, -0.25) is 0 Å². The molecule has 0 unspecified atom stereocenters. The Morgan fingerprint density at radius 2 is 1.71 bits per heavy atom. The molecule has 0 atom stereocenters. The van der Waals surface area contributed by atoms with E-state index in [1.165, 1.54) is 12.1 Å². The fraction of sp³-hybridized carbons (Fsp3) is 0.235. The van der Waals surface area contributed by atoms with E-state index in [-0.39, 0.29) is 17.3 Å². The number of hydrogen-bond donors (Lipinski definition) is 2. The fourth-order valence-corrected chi connectivity index (χ4v) is 2.47. The summed E-state index contributed by atoms with van der Waals surface area (Å²) in [5.41, 5.74) is 1.83. The Labute approximate surface area is 123 Å². The number of carbonyl (C=O) groups excluding carboxylic acids is 1. The number of urea groups is 1. The molecule has 0 heterocycles. The first-order chi connectivity index (χ1) is 10.2. The highest BCUT2D eigenvalue weighted by Crippen LogP contribution is 2.47. The second kappa shape index (κ2) is 5.56. The molecule has 0 radical (unpaired) electrons. The van der Waals surface area contributed by atoms with Crippen LogP contribution in [0.2, 0.25) is 0 Å². The van der Waals surface area contributed by atoms with Crippen molar-refractivity contribution in [3.05, 3.63) is 66.0 Å². The van der Waals surface area contributed by atoms with E-state index in [2.05, 4.69) is 10.6 Å². The summed E-state index contributed by atoms with van der Waals surface area (Å²) in [6.07, 6.45) is 2.04. The Morgan fingerprint density at radius 1 is 1.05 bits per heavy atom. The number of benzene rings is 2. The van der Waals surface area contributed by atoms with Crippen LogP contribution in [-0.4, -0.2) is 12.6 Å². The second-order valence-corrected chi connectivity index (χ2v) is 5.46. The van der Waals surface area contributed by atoms with Gasteiger partial charge >= 0.3 is 6.03 Å². The smallest absolute Gasteiger partial charge is 0.319 e. The summed E-state index contributed by atoms with van der Waals surface area (Å²) in [4.78, 5) is 11.9. The van der Waals surface area contributed by atoms with Gasteiger partial charge in [0.2, 0.25) is 0 Å². The van der Waals surface area contributed by atoms with Gasteiger partial charge in [-0.05, 0) is 42.7 Å². The third kappa shape index (κ3) is 3.21. The van der Waals surface area contributed by atoms with Crippen molar-refractivity contribution in [2.45, 2.75) is 18.3 Å². The SMILES string of the molecule is O=C(NCC1(c2ccc(F)cc2)CC1)Nc1ccccc1. The molecule has 3 rings (SSSR count). The minimum absolute atomic E-state index is 0.0261. The van der Waals surface area contributed by atoms with Crippen molar-refractivity contribution >= 4 is 11.7 Å². The molecule has 2 aromatic carbocycles. The molecule has 0 spiro atoms. The molecule has 0 aromatic heterocycles. The van der Waals surface area contributed by atoms with Crippen molar-refractivity contribution in [2.24, 2.45) is 0 Å². The van der Waals surface area contributed by atoms with E-state index in [0.717, 1.165) is 24.1 Å². The Morgan fingerprint density at radius 3 is 2.33 bits per heavy atom. The normalized spacial score (nSPS) is 15.3. The Balaban J connectivity index is 1.57. The van der Waals surface area contributed by atoms with Crippen LogP contribution in [-0.2, 0) is 5.41 Å². The zero-order chi connectivity index (χ0) is 14.7. The van der Waals surface area contributed by atoms with E-state index in [1.807, 2.05) is 30.3 Å². The van der Waals surface area contributed by atoms with Crippen molar-refractivity contribution in [3.63, 3.8) is 0 Å². The molecule has 21 heavy (non-hydrogen) atoms. The number of hydrogen-bond acceptors (Lipinski definition) is 1. The minimum atomic E-state index is -0.232.